The lowest BCUT2D eigenvalue weighted by atomic mass is 9.92. The van der Waals surface area contributed by atoms with E-state index >= 15 is 0 Å². The van der Waals surface area contributed by atoms with Crippen molar-refractivity contribution < 1.29 is 9.53 Å². The van der Waals surface area contributed by atoms with E-state index < -0.39 is 6.04 Å². The highest BCUT2D eigenvalue weighted by atomic mass is 16.5. The fraction of sp³-hybridized carbons (Fsp3) is 0.650. The Morgan fingerprint density at radius 1 is 1.28 bits per heavy atom. The van der Waals surface area contributed by atoms with Crippen LogP contribution in [0.15, 0.2) is 24.3 Å². The monoisotopic (exact) mass is 345 g/mol. The van der Waals surface area contributed by atoms with Crippen LogP contribution < -0.4 is 11.1 Å². The van der Waals surface area contributed by atoms with Gasteiger partial charge in [0.25, 0.3) is 0 Å². The van der Waals surface area contributed by atoms with Gasteiger partial charge >= 0.3 is 0 Å². The number of carbonyl (C=O) groups excluding carboxylic acids is 1. The third-order valence-corrected chi connectivity index (χ3v) is 5.45. The lowest BCUT2D eigenvalue weighted by molar-refractivity contribution is -0.119. The number of hydrogen-bond donors (Lipinski definition) is 2. The van der Waals surface area contributed by atoms with Gasteiger partial charge in [0.2, 0.25) is 5.91 Å². The second-order valence-electron chi connectivity index (χ2n) is 7.64. The maximum Gasteiger partial charge on any atom is 0.241 e. The van der Waals surface area contributed by atoms with E-state index in [0.29, 0.717) is 13.2 Å². The molecule has 2 aliphatic rings. The number of nitrogens with two attached hydrogens (primary N) is 1. The molecule has 138 valence electrons. The molecule has 0 saturated carbocycles. The number of anilines is 1. The van der Waals surface area contributed by atoms with E-state index in [4.69, 9.17) is 10.5 Å². The summed E-state index contributed by atoms with van der Waals surface area (Å²) in [7, 11) is 0. The lowest BCUT2D eigenvalue weighted by Crippen LogP contribution is -2.44. The van der Waals surface area contributed by atoms with E-state index in [0.717, 1.165) is 31.0 Å². The largest absolute Gasteiger partial charge is 0.381 e. The number of hydrogen-bond acceptors (Lipinski definition) is 4. The third-order valence-electron chi connectivity index (χ3n) is 5.45. The number of nitrogens with one attached hydrogen (secondary N) is 1. The van der Waals surface area contributed by atoms with Gasteiger partial charge in [-0.05, 0) is 61.8 Å². The molecule has 1 aromatic carbocycles. The van der Waals surface area contributed by atoms with Crippen molar-refractivity contribution in [2.75, 3.05) is 31.6 Å². The van der Waals surface area contributed by atoms with Crippen LogP contribution in [0.2, 0.25) is 0 Å². The highest BCUT2D eigenvalue weighted by Gasteiger charge is 2.26. The molecule has 3 N–H and O–H groups in total. The molecule has 2 fully saturated rings. The predicted octanol–water partition coefficient (Wildman–Crippen LogP) is 2.61. The van der Waals surface area contributed by atoms with E-state index in [1.54, 1.807) is 0 Å². The standard InChI is InChI=1S/C20H31N3O2/c1-15-3-2-10-23(13-15)14-16-4-6-18(7-5-16)22-20(24)19(21)17-8-11-25-12-9-17/h4-7,15,17,19H,2-3,8-14,21H2,1H3,(H,22,24). The minimum absolute atomic E-state index is 0.0931. The van der Waals surface area contributed by atoms with Gasteiger partial charge < -0.3 is 15.8 Å². The van der Waals surface area contributed by atoms with Crippen molar-refractivity contribution in [2.24, 2.45) is 17.6 Å². The van der Waals surface area contributed by atoms with Crippen LogP contribution in [0.5, 0.6) is 0 Å². The second kappa shape index (κ2) is 8.79. The summed E-state index contributed by atoms with van der Waals surface area (Å²) in [5.41, 5.74) is 8.25. The maximum atomic E-state index is 12.4. The van der Waals surface area contributed by atoms with Gasteiger partial charge in [0.15, 0.2) is 0 Å². The van der Waals surface area contributed by atoms with Gasteiger partial charge in [-0.15, -0.1) is 0 Å². The van der Waals surface area contributed by atoms with E-state index in [1.807, 2.05) is 12.1 Å². The molecular formula is C20H31N3O2. The fourth-order valence-corrected chi connectivity index (χ4v) is 3.90. The summed E-state index contributed by atoms with van der Waals surface area (Å²) < 4.78 is 5.34. The Kier molecular flexibility index (Phi) is 6.45. The highest BCUT2D eigenvalue weighted by molar-refractivity contribution is 5.94. The molecular weight excluding hydrogens is 314 g/mol. The molecule has 2 aliphatic heterocycles. The van der Waals surface area contributed by atoms with E-state index in [1.165, 1.54) is 31.5 Å². The predicted molar refractivity (Wildman–Crippen MR) is 100 cm³/mol. The van der Waals surface area contributed by atoms with Gasteiger partial charge in [-0.25, -0.2) is 0 Å². The zero-order valence-corrected chi connectivity index (χ0v) is 15.2. The van der Waals surface area contributed by atoms with Crippen molar-refractivity contribution in [2.45, 2.75) is 45.2 Å². The Hall–Kier alpha value is -1.43. The van der Waals surface area contributed by atoms with Crippen LogP contribution in [0.25, 0.3) is 0 Å². The van der Waals surface area contributed by atoms with Crippen molar-refractivity contribution in [1.82, 2.24) is 4.90 Å². The van der Waals surface area contributed by atoms with Gasteiger partial charge in [0, 0.05) is 32.0 Å². The zero-order valence-electron chi connectivity index (χ0n) is 15.2. The number of carbonyl (C=O) groups is 1. The van der Waals surface area contributed by atoms with Crippen LogP contribution in [-0.2, 0) is 16.1 Å². The van der Waals surface area contributed by atoms with Crippen LogP contribution in [0, 0.1) is 11.8 Å². The van der Waals surface area contributed by atoms with Crippen molar-refractivity contribution >= 4 is 11.6 Å². The number of rotatable bonds is 5. The molecule has 1 amide bonds. The van der Waals surface area contributed by atoms with Gasteiger partial charge in [-0.2, -0.15) is 0 Å². The molecule has 3 rings (SSSR count). The number of ether oxygens (including phenoxy) is 1. The first-order valence-electron chi connectivity index (χ1n) is 9.57. The number of amides is 1. The smallest absolute Gasteiger partial charge is 0.241 e. The molecule has 2 saturated heterocycles. The van der Waals surface area contributed by atoms with Gasteiger partial charge in [-0.1, -0.05) is 19.1 Å². The summed E-state index contributed by atoms with van der Waals surface area (Å²) >= 11 is 0. The quantitative estimate of drug-likeness (QED) is 0.861. The Labute approximate surface area is 150 Å². The average Bonchev–Trinajstić information content (AvgIpc) is 2.63. The summed E-state index contributed by atoms with van der Waals surface area (Å²) in [5, 5.41) is 2.96. The molecule has 2 heterocycles. The topological polar surface area (TPSA) is 67.6 Å². The molecule has 0 bridgehead atoms. The van der Waals surface area contributed by atoms with Crippen LogP contribution in [0.1, 0.15) is 38.2 Å². The van der Waals surface area contributed by atoms with Crippen LogP contribution in [-0.4, -0.2) is 43.2 Å². The van der Waals surface area contributed by atoms with Gasteiger partial charge in [0.1, 0.15) is 0 Å². The molecule has 2 unspecified atom stereocenters. The Bertz CT molecular complexity index is 555. The first-order valence-corrected chi connectivity index (χ1v) is 9.57. The number of benzene rings is 1. The molecule has 0 radical (unpaired) electrons. The van der Waals surface area contributed by atoms with Crippen molar-refractivity contribution in [3.8, 4) is 0 Å². The van der Waals surface area contributed by atoms with E-state index in [9.17, 15) is 4.79 Å². The first kappa shape index (κ1) is 18.4. The molecule has 0 spiro atoms. The molecule has 25 heavy (non-hydrogen) atoms. The average molecular weight is 345 g/mol. The minimum Gasteiger partial charge on any atom is -0.381 e. The summed E-state index contributed by atoms with van der Waals surface area (Å²) in [6.07, 6.45) is 4.36. The van der Waals surface area contributed by atoms with Crippen molar-refractivity contribution in [1.29, 1.82) is 0 Å². The maximum absolute atomic E-state index is 12.4. The zero-order chi connectivity index (χ0) is 17.6. The fourth-order valence-electron chi connectivity index (χ4n) is 3.90. The summed E-state index contributed by atoms with van der Waals surface area (Å²) in [6.45, 7) is 7.08. The Balaban J connectivity index is 1.50. The van der Waals surface area contributed by atoms with Gasteiger partial charge in [-0.3, -0.25) is 9.69 Å². The molecule has 0 aromatic heterocycles. The third kappa shape index (κ3) is 5.27. The second-order valence-corrected chi connectivity index (χ2v) is 7.64. The summed E-state index contributed by atoms with van der Waals surface area (Å²) in [4.78, 5) is 14.9. The molecule has 1 aromatic rings. The molecule has 5 heteroatoms. The van der Waals surface area contributed by atoms with Crippen LogP contribution in [0.4, 0.5) is 5.69 Å². The number of piperidine rings is 1. The normalized spacial score (nSPS) is 24.0. The molecule has 2 atom stereocenters. The van der Waals surface area contributed by atoms with Crippen LogP contribution in [0.3, 0.4) is 0 Å². The minimum atomic E-state index is -0.460. The van der Waals surface area contributed by atoms with Crippen molar-refractivity contribution in [3.05, 3.63) is 29.8 Å². The Morgan fingerprint density at radius 2 is 2.00 bits per heavy atom. The van der Waals surface area contributed by atoms with Gasteiger partial charge in [0.05, 0.1) is 6.04 Å². The van der Waals surface area contributed by atoms with E-state index in [2.05, 4.69) is 29.3 Å². The van der Waals surface area contributed by atoms with Crippen molar-refractivity contribution in [3.63, 3.8) is 0 Å². The van der Waals surface area contributed by atoms with E-state index in [-0.39, 0.29) is 11.8 Å². The summed E-state index contributed by atoms with van der Waals surface area (Å²) in [6, 6.07) is 7.72. The molecule has 0 aliphatic carbocycles. The number of likely N-dealkylation sites (tertiary alicyclic amines) is 1. The first-order chi connectivity index (χ1) is 12.1. The number of nitrogens with zero attached hydrogens (tertiary/aromatic N) is 1. The van der Waals surface area contributed by atoms with Crippen LogP contribution >= 0.6 is 0 Å². The molecule has 5 nitrogen and oxygen atoms in total. The summed E-state index contributed by atoms with van der Waals surface area (Å²) in [5.74, 6) is 0.914. The lowest BCUT2D eigenvalue weighted by Gasteiger charge is -2.30. The SMILES string of the molecule is CC1CCCN(Cc2ccc(NC(=O)C(N)C3CCOCC3)cc2)C1. The highest BCUT2D eigenvalue weighted by Crippen LogP contribution is 2.20. The Morgan fingerprint density at radius 3 is 2.68 bits per heavy atom.